The van der Waals surface area contributed by atoms with Gasteiger partial charge in [-0.25, -0.2) is 14.3 Å². The van der Waals surface area contributed by atoms with Crippen molar-refractivity contribution in [1.29, 1.82) is 0 Å². The van der Waals surface area contributed by atoms with Gasteiger partial charge in [0.15, 0.2) is 0 Å². The van der Waals surface area contributed by atoms with Crippen LogP contribution < -0.4 is 4.90 Å². The first-order chi connectivity index (χ1) is 15.3. The highest BCUT2D eigenvalue weighted by molar-refractivity contribution is 6.35. The minimum atomic E-state index is -0.646. The predicted molar refractivity (Wildman–Crippen MR) is 124 cm³/mol. The Kier molecular flexibility index (Phi) is 5.18. The molecule has 5 rings (SSSR count). The number of anilines is 1. The van der Waals surface area contributed by atoms with Crippen LogP contribution in [0.3, 0.4) is 0 Å². The van der Waals surface area contributed by atoms with E-state index >= 15 is 0 Å². The molecule has 2 atom stereocenters. The molecule has 3 aliphatic rings. The summed E-state index contributed by atoms with van der Waals surface area (Å²) in [5.41, 5.74) is 1.67. The number of likely N-dealkylation sites (N-methyl/N-ethyl adjacent to an activating group) is 1. The van der Waals surface area contributed by atoms with Gasteiger partial charge in [0.25, 0.3) is 5.91 Å². The molecule has 0 aliphatic carbocycles. The van der Waals surface area contributed by atoms with Crippen molar-refractivity contribution in [1.82, 2.24) is 9.80 Å². The van der Waals surface area contributed by atoms with Gasteiger partial charge in [-0.05, 0) is 29.8 Å². The van der Waals surface area contributed by atoms with Crippen molar-refractivity contribution in [2.75, 3.05) is 25.0 Å². The van der Waals surface area contributed by atoms with E-state index in [1.54, 1.807) is 25.2 Å². The zero-order valence-electron chi connectivity index (χ0n) is 17.7. The zero-order valence-corrected chi connectivity index (χ0v) is 19.2. The van der Waals surface area contributed by atoms with Gasteiger partial charge in [0, 0.05) is 23.0 Å². The zero-order chi connectivity index (χ0) is 22.6. The molecule has 1 saturated heterocycles. The van der Waals surface area contributed by atoms with Crippen molar-refractivity contribution in [2.45, 2.75) is 19.5 Å². The van der Waals surface area contributed by atoms with E-state index in [2.05, 4.69) is 11.8 Å². The summed E-state index contributed by atoms with van der Waals surface area (Å²) >= 11 is 12.3. The van der Waals surface area contributed by atoms with E-state index in [4.69, 9.17) is 28.2 Å². The Hall–Kier alpha value is -2.90. The standard InChI is InChI=1S/C23H22Cl2N5O2/c1-14-11-28(17-6-4-3-5-7-17)22-26-20-19(29(22)12-14)21(31)30(23(32)27(20)2)13-15-8-9-16(24)10-18(15)25/h3-10,14,19H,11-13H2,1-2H3/q+1. The number of rotatable bonds is 3. The molecule has 0 spiro atoms. The van der Waals surface area contributed by atoms with Crippen LogP contribution in [0.5, 0.6) is 0 Å². The lowest BCUT2D eigenvalue weighted by Gasteiger charge is -2.35. The highest BCUT2D eigenvalue weighted by atomic mass is 35.5. The van der Waals surface area contributed by atoms with Crippen molar-refractivity contribution in [3.8, 4) is 0 Å². The van der Waals surface area contributed by atoms with Crippen LogP contribution >= 0.6 is 23.2 Å². The number of hydrogen-bond donors (Lipinski definition) is 0. The number of amides is 3. The second-order valence-electron chi connectivity index (χ2n) is 8.38. The lowest BCUT2D eigenvalue weighted by atomic mass is 10.1. The summed E-state index contributed by atoms with van der Waals surface area (Å²) in [6, 6.07) is 14.0. The molecule has 3 heterocycles. The van der Waals surface area contributed by atoms with Crippen LogP contribution in [0.1, 0.15) is 12.5 Å². The lowest BCUT2D eigenvalue weighted by Crippen LogP contribution is -2.63. The lowest BCUT2D eigenvalue weighted by molar-refractivity contribution is -0.545. The summed E-state index contributed by atoms with van der Waals surface area (Å²) < 4.78 is 2.01. The van der Waals surface area contributed by atoms with Gasteiger partial charge in [-0.15, -0.1) is 0 Å². The van der Waals surface area contributed by atoms with E-state index in [1.807, 2.05) is 34.9 Å². The number of guanidine groups is 1. The molecule has 2 aromatic carbocycles. The number of urea groups is 1. The van der Waals surface area contributed by atoms with E-state index in [0.717, 1.165) is 12.2 Å². The number of halogens is 2. The number of carbonyl (C=O) groups is 2. The molecule has 3 amide bonds. The van der Waals surface area contributed by atoms with Crippen molar-refractivity contribution in [3.63, 3.8) is 0 Å². The SMILES string of the molecule is CC1CN(c2ccccc2)C2=[N+](C1)C1C(=O)N(Cc3ccc(Cl)cc3Cl)C(=O)N(C)C1=N2. The van der Waals surface area contributed by atoms with Crippen LogP contribution in [0, 0.1) is 5.92 Å². The Balaban J connectivity index is 1.53. The first kappa shape index (κ1) is 21.0. The maximum atomic E-state index is 13.6. The van der Waals surface area contributed by atoms with Gasteiger partial charge in [0.2, 0.25) is 11.9 Å². The molecule has 9 heteroatoms. The van der Waals surface area contributed by atoms with Crippen molar-refractivity contribution >= 4 is 52.6 Å². The number of fused-ring (bicyclic) bond motifs is 2. The van der Waals surface area contributed by atoms with Crippen LogP contribution in [-0.2, 0) is 11.3 Å². The molecule has 1 fully saturated rings. The van der Waals surface area contributed by atoms with Gasteiger partial charge >= 0.3 is 12.0 Å². The molecule has 7 nitrogen and oxygen atoms in total. The first-order valence-corrected chi connectivity index (χ1v) is 11.2. The molecular formula is C23H22Cl2N5O2+. The topological polar surface area (TPSA) is 59.2 Å². The quantitative estimate of drug-likeness (QED) is 0.642. The number of nitrogens with zero attached hydrogens (tertiary/aromatic N) is 5. The monoisotopic (exact) mass is 470 g/mol. The van der Waals surface area contributed by atoms with E-state index in [9.17, 15) is 9.59 Å². The average Bonchev–Trinajstić information content (AvgIpc) is 3.16. The number of carbonyl (C=O) groups excluding carboxylic acids is 2. The molecule has 0 radical (unpaired) electrons. The van der Waals surface area contributed by atoms with Crippen LogP contribution in [0.2, 0.25) is 10.0 Å². The Morgan fingerprint density at radius 1 is 1.12 bits per heavy atom. The Bertz CT molecular complexity index is 1180. The highest BCUT2D eigenvalue weighted by Gasteiger charge is 2.55. The third kappa shape index (κ3) is 3.36. The summed E-state index contributed by atoms with van der Waals surface area (Å²) in [6.45, 7) is 3.69. The molecule has 0 saturated carbocycles. The molecule has 0 bridgehead atoms. The van der Waals surface area contributed by atoms with Gasteiger partial charge in [-0.3, -0.25) is 14.6 Å². The fourth-order valence-corrected chi connectivity index (χ4v) is 4.96. The van der Waals surface area contributed by atoms with Crippen LogP contribution in [0.25, 0.3) is 0 Å². The molecule has 0 N–H and O–H groups in total. The predicted octanol–water partition coefficient (Wildman–Crippen LogP) is 3.69. The van der Waals surface area contributed by atoms with Crippen molar-refractivity contribution < 1.29 is 14.2 Å². The van der Waals surface area contributed by atoms with Gasteiger partial charge in [-0.1, -0.05) is 59.4 Å². The van der Waals surface area contributed by atoms with Crippen LogP contribution in [-0.4, -0.2) is 64.3 Å². The minimum absolute atomic E-state index is 0.0723. The summed E-state index contributed by atoms with van der Waals surface area (Å²) in [6.07, 6.45) is 0. The third-order valence-corrected chi connectivity index (χ3v) is 6.63. The average molecular weight is 471 g/mol. The molecule has 3 aliphatic heterocycles. The first-order valence-electron chi connectivity index (χ1n) is 10.4. The maximum Gasteiger partial charge on any atom is 0.397 e. The number of aliphatic imine (C=N–C) groups is 1. The number of benzene rings is 2. The largest absolute Gasteiger partial charge is 0.397 e. The molecule has 2 unspecified atom stereocenters. The second-order valence-corrected chi connectivity index (χ2v) is 9.22. The van der Waals surface area contributed by atoms with Gasteiger partial charge in [0.1, 0.15) is 5.69 Å². The smallest absolute Gasteiger partial charge is 0.270 e. The Morgan fingerprint density at radius 3 is 2.59 bits per heavy atom. The van der Waals surface area contributed by atoms with Crippen molar-refractivity contribution in [3.05, 3.63) is 64.1 Å². The number of imide groups is 1. The van der Waals surface area contributed by atoms with Gasteiger partial charge < -0.3 is 0 Å². The summed E-state index contributed by atoms with van der Waals surface area (Å²) in [4.78, 5) is 36.3. The van der Waals surface area contributed by atoms with E-state index in [-0.39, 0.29) is 12.5 Å². The normalized spacial score (nSPS) is 22.9. The number of para-hydroxylation sites is 1. The summed E-state index contributed by atoms with van der Waals surface area (Å²) in [5.74, 6) is 1.18. The molecule has 164 valence electrons. The van der Waals surface area contributed by atoms with Gasteiger partial charge in [0.05, 0.1) is 19.6 Å². The number of amidine groups is 1. The summed E-state index contributed by atoms with van der Waals surface area (Å²) in [5, 5.41) is 0.917. The Labute approximate surface area is 196 Å². The second kappa shape index (κ2) is 7.90. The molecule has 0 aromatic heterocycles. The van der Waals surface area contributed by atoms with Crippen LogP contribution in [0.4, 0.5) is 10.5 Å². The van der Waals surface area contributed by atoms with Crippen LogP contribution in [0.15, 0.2) is 53.5 Å². The highest BCUT2D eigenvalue weighted by Crippen LogP contribution is 2.30. The van der Waals surface area contributed by atoms with E-state index in [1.165, 1.54) is 9.80 Å². The fraction of sp³-hybridized carbons (Fsp3) is 0.304. The van der Waals surface area contributed by atoms with Crippen molar-refractivity contribution in [2.24, 2.45) is 10.9 Å². The summed E-state index contributed by atoms with van der Waals surface area (Å²) in [7, 11) is 1.66. The Morgan fingerprint density at radius 2 is 1.88 bits per heavy atom. The van der Waals surface area contributed by atoms with E-state index < -0.39 is 12.1 Å². The van der Waals surface area contributed by atoms with Gasteiger partial charge in [-0.2, -0.15) is 0 Å². The maximum absolute atomic E-state index is 13.6. The molecule has 2 aromatic rings. The fourth-order valence-electron chi connectivity index (χ4n) is 4.49. The third-order valence-electron chi connectivity index (χ3n) is 6.04. The molecule has 32 heavy (non-hydrogen) atoms. The molecular weight excluding hydrogens is 449 g/mol. The van der Waals surface area contributed by atoms with E-state index in [0.29, 0.717) is 39.9 Å². The minimum Gasteiger partial charge on any atom is -0.270 e. The number of hydrogen-bond acceptors (Lipinski definition) is 4.